The molecule has 0 spiro atoms. The molecule has 0 radical (unpaired) electrons. The summed E-state index contributed by atoms with van der Waals surface area (Å²) in [7, 11) is 2.11. The Kier molecular flexibility index (Phi) is 4.76. The van der Waals surface area contributed by atoms with Crippen LogP contribution in [0.15, 0.2) is 0 Å². The molecule has 0 bridgehead atoms. The summed E-state index contributed by atoms with van der Waals surface area (Å²) in [6, 6.07) is 0. The Bertz CT molecular complexity index is 339. The maximum atomic E-state index is 11.7. The van der Waals surface area contributed by atoms with Crippen LogP contribution in [0.3, 0.4) is 0 Å². The zero-order chi connectivity index (χ0) is 15.8. The molecular formula is C15H29NO4. The lowest BCUT2D eigenvalue weighted by Gasteiger charge is -2.52. The third-order valence-electron chi connectivity index (χ3n) is 3.89. The maximum Gasteiger partial charge on any atom is 0.540 e. The van der Waals surface area contributed by atoms with Crippen molar-refractivity contribution in [3.05, 3.63) is 0 Å². The van der Waals surface area contributed by atoms with Gasteiger partial charge in [-0.1, -0.05) is 0 Å². The minimum absolute atomic E-state index is 0.0302. The predicted octanol–water partition coefficient (Wildman–Crippen LogP) is 3.52. The first-order valence-corrected chi connectivity index (χ1v) is 7.14. The molecule has 1 rings (SSSR count). The summed E-state index contributed by atoms with van der Waals surface area (Å²) in [6.45, 7) is 14.0. The Morgan fingerprint density at radius 2 is 1.55 bits per heavy atom. The third-order valence-corrected chi connectivity index (χ3v) is 3.89. The zero-order valence-electron chi connectivity index (χ0n) is 14.1. The topological polar surface area (TPSA) is 48.0 Å². The van der Waals surface area contributed by atoms with Crippen molar-refractivity contribution < 1.29 is 19.3 Å². The summed E-state index contributed by atoms with van der Waals surface area (Å²) >= 11 is 0. The van der Waals surface area contributed by atoms with E-state index in [0.29, 0.717) is 0 Å². The van der Waals surface area contributed by atoms with Crippen molar-refractivity contribution in [2.24, 2.45) is 0 Å². The van der Waals surface area contributed by atoms with Crippen LogP contribution in [0, 0.1) is 0 Å². The van der Waals surface area contributed by atoms with E-state index in [1.54, 1.807) is 0 Å². The van der Waals surface area contributed by atoms with E-state index in [2.05, 4.69) is 39.6 Å². The van der Waals surface area contributed by atoms with E-state index < -0.39 is 11.8 Å². The fraction of sp³-hybridized carbons (Fsp3) is 0.933. The van der Waals surface area contributed by atoms with Gasteiger partial charge in [-0.2, -0.15) is 4.89 Å². The minimum Gasteiger partial charge on any atom is -0.429 e. The van der Waals surface area contributed by atoms with Gasteiger partial charge in [0.1, 0.15) is 11.7 Å². The van der Waals surface area contributed by atoms with Gasteiger partial charge in [-0.25, -0.2) is 4.79 Å². The second-order valence-electron chi connectivity index (χ2n) is 7.86. The van der Waals surface area contributed by atoms with E-state index in [4.69, 9.17) is 14.5 Å². The van der Waals surface area contributed by atoms with Crippen molar-refractivity contribution in [2.45, 2.75) is 84.1 Å². The van der Waals surface area contributed by atoms with E-state index in [0.717, 1.165) is 12.8 Å². The fourth-order valence-corrected chi connectivity index (χ4v) is 2.68. The molecular weight excluding hydrogens is 258 g/mol. The summed E-state index contributed by atoms with van der Waals surface area (Å²) in [6.07, 6.45) is 0.628. The van der Waals surface area contributed by atoms with Crippen LogP contribution in [-0.2, 0) is 14.5 Å². The number of carbonyl (C=O) groups excluding carboxylic acids is 1. The molecule has 0 aromatic carbocycles. The molecule has 0 unspecified atom stereocenters. The van der Waals surface area contributed by atoms with Crippen LogP contribution in [0.5, 0.6) is 0 Å². The van der Waals surface area contributed by atoms with E-state index in [1.807, 2.05) is 20.8 Å². The van der Waals surface area contributed by atoms with Gasteiger partial charge in [-0.05, 0) is 55.5 Å². The van der Waals surface area contributed by atoms with Crippen LogP contribution in [0.1, 0.15) is 61.3 Å². The number of carbonyl (C=O) groups is 1. The smallest absolute Gasteiger partial charge is 0.429 e. The lowest BCUT2D eigenvalue weighted by atomic mass is 9.79. The fourth-order valence-electron chi connectivity index (χ4n) is 2.68. The molecule has 0 saturated carbocycles. The second-order valence-corrected chi connectivity index (χ2v) is 7.86. The van der Waals surface area contributed by atoms with Gasteiger partial charge in [0, 0.05) is 23.9 Å². The van der Waals surface area contributed by atoms with Crippen LogP contribution in [0.2, 0.25) is 0 Å². The molecule has 5 nitrogen and oxygen atoms in total. The normalized spacial score (nSPS) is 23.4. The second kappa shape index (κ2) is 5.53. The Hall–Kier alpha value is -0.810. The highest BCUT2D eigenvalue weighted by molar-refractivity contribution is 5.59. The molecule has 0 amide bonds. The van der Waals surface area contributed by atoms with E-state index in [-0.39, 0.29) is 17.2 Å². The summed E-state index contributed by atoms with van der Waals surface area (Å²) in [5, 5.41) is 0. The lowest BCUT2D eigenvalue weighted by Crippen LogP contribution is -2.60. The number of piperidine rings is 1. The molecule has 118 valence electrons. The van der Waals surface area contributed by atoms with Crippen molar-refractivity contribution in [1.82, 2.24) is 4.90 Å². The van der Waals surface area contributed by atoms with Crippen LogP contribution in [0.4, 0.5) is 4.79 Å². The highest BCUT2D eigenvalue weighted by atomic mass is 17.2. The first-order valence-electron chi connectivity index (χ1n) is 7.14. The molecule has 1 heterocycles. The maximum absolute atomic E-state index is 11.7. The molecule has 5 heteroatoms. The van der Waals surface area contributed by atoms with Crippen LogP contribution < -0.4 is 0 Å². The number of likely N-dealkylation sites (tertiary alicyclic amines) is 1. The van der Waals surface area contributed by atoms with Gasteiger partial charge in [-0.15, -0.1) is 0 Å². The summed E-state index contributed by atoms with van der Waals surface area (Å²) in [5.74, 6) is 0. The van der Waals surface area contributed by atoms with Gasteiger partial charge >= 0.3 is 6.16 Å². The average molecular weight is 287 g/mol. The first kappa shape index (κ1) is 17.2. The Morgan fingerprint density at radius 3 is 1.95 bits per heavy atom. The van der Waals surface area contributed by atoms with Crippen LogP contribution in [-0.4, -0.2) is 40.9 Å². The lowest BCUT2D eigenvalue weighted by molar-refractivity contribution is -0.315. The molecule has 0 aliphatic carbocycles. The predicted molar refractivity (Wildman–Crippen MR) is 77.3 cm³/mol. The first-order chi connectivity index (χ1) is 8.83. The Balaban J connectivity index is 2.59. The van der Waals surface area contributed by atoms with Gasteiger partial charge in [0.15, 0.2) is 0 Å². The number of nitrogens with zero attached hydrogens (tertiary/aromatic N) is 1. The monoisotopic (exact) mass is 287 g/mol. The molecule has 1 aliphatic rings. The van der Waals surface area contributed by atoms with Gasteiger partial charge in [0.25, 0.3) is 0 Å². The molecule has 0 aromatic rings. The number of hydrogen-bond donors (Lipinski definition) is 0. The molecule has 0 N–H and O–H groups in total. The molecule has 1 fully saturated rings. The number of rotatable bonds is 2. The van der Waals surface area contributed by atoms with Crippen molar-refractivity contribution in [3.63, 3.8) is 0 Å². The largest absolute Gasteiger partial charge is 0.540 e. The third kappa shape index (κ3) is 4.63. The van der Waals surface area contributed by atoms with Gasteiger partial charge in [-0.3, -0.25) is 9.79 Å². The Labute approximate surface area is 122 Å². The molecule has 1 aliphatic heterocycles. The highest BCUT2D eigenvalue weighted by Crippen LogP contribution is 2.38. The zero-order valence-corrected chi connectivity index (χ0v) is 14.1. The summed E-state index contributed by atoms with van der Waals surface area (Å²) in [4.78, 5) is 23.7. The Morgan fingerprint density at radius 1 is 1.10 bits per heavy atom. The summed E-state index contributed by atoms with van der Waals surface area (Å²) < 4.78 is 5.39. The van der Waals surface area contributed by atoms with E-state index in [1.165, 1.54) is 0 Å². The van der Waals surface area contributed by atoms with Crippen molar-refractivity contribution in [2.75, 3.05) is 7.05 Å². The standard InChI is InChI=1S/C15H29NO4/c1-13(2,3)20-19-12(17)18-11-9-14(4,5)16(8)15(6,7)10-11/h11H,9-10H2,1-8H3. The van der Waals surface area contributed by atoms with E-state index in [9.17, 15) is 4.79 Å². The molecule has 1 saturated heterocycles. The molecule has 20 heavy (non-hydrogen) atoms. The van der Waals surface area contributed by atoms with Gasteiger partial charge in [0.05, 0.1) is 0 Å². The molecule has 0 atom stereocenters. The van der Waals surface area contributed by atoms with Crippen molar-refractivity contribution in [1.29, 1.82) is 0 Å². The van der Waals surface area contributed by atoms with Gasteiger partial charge < -0.3 is 4.74 Å². The van der Waals surface area contributed by atoms with Crippen LogP contribution in [0.25, 0.3) is 0 Å². The quantitative estimate of drug-likeness (QED) is 0.442. The van der Waals surface area contributed by atoms with Crippen molar-refractivity contribution in [3.8, 4) is 0 Å². The number of ether oxygens (including phenoxy) is 1. The molecule has 0 aromatic heterocycles. The number of hydrogen-bond acceptors (Lipinski definition) is 5. The van der Waals surface area contributed by atoms with Gasteiger partial charge in [0.2, 0.25) is 0 Å². The average Bonchev–Trinajstić information content (AvgIpc) is 2.21. The van der Waals surface area contributed by atoms with E-state index >= 15 is 0 Å². The minimum atomic E-state index is -0.763. The van der Waals surface area contributed by atoms with Crippen LogP contribution >= 0.6 is 0 Å². The van der Waals surface area contributed by atoms with Crippen molar-refractivity contribution >= 4 is 6.16 Å². The SMILES string of the molecule is CN1C(C)(C)CC(OC(=O)OOC(C)(C)C)CC1(C)C. The highest BCUT2D eigenvalue weighted by Gasteiger charge is 2.44. The summed E-state index contributed by atoms with van der Waals surface area (Å²) in [5.41, 5.74) is -0.598.